The third kappa shape index (κ3) is 5.51. The third-order valence-corrected chi connectivity index (χ3v) is 6.37. The largest absolute Gasteiger partial charge is 0.375 e. The lowest BCUT2D eigenvalue weighted by Gasteiger charge is -2.17. The van der Waals surface area contributed by atoms with Gasteiger partial charge >= 0.3 is 0 Å². The number of benzene rings is 1. The van der Waals surface area contributed by atoms with E-state index in [2.05, 4.69) is 27.8 Å². The lowest BCUT2D eigenvalue weighted by Crippen LogP contribution is -2.39. The standard InChI is InChI=1S/C24H32N4O3.HI/c1-2-25-24(27-12-14-31-16-17-7-4-3-5-8-17)26-11-6-13-28-22(29)20-18-9-10-19(15-18)21(20)23(28)30;/h3-5,7-10,18-21H,2,6,11-16H2,1H3,(H2,25,26,27);1H. The molecule has 0 aromatic heterocycles. The van der Waals surface area contributed by atoms with Crippen molar-refractivity contribution in [2.45, 2.75) is 26.4 Å². The number of hydrogen-bond acceptors (Lipinski definition) is 4. The molecule has 1 aromatic rings. The Bertz CT molecular complexity index is 815. The second kappa shape index (κ2) is 11.8. The van der Waals surface area contributed by atoms with E-state index in [-0.39, 0.29) is 59.5 Å². The van der Waals surface area contributed by atoms with Gasteiger partial charge in [-0.05, 0) is 37.2 Å². The minimum atomic E-state index is -0.110. The summed E-state index contributed by atoms with van der Waals surface area (Å²) < 4.78 is 5.69. The molecule has 4 unspecified atom stereocenters. The summed E-state index contributed by atoms with van der Waals surface area (Å²) in [7, 11) is 0. The number of carbonyl (C=O) groups is 2. The Morgan fingerprint density at radius 1 is 1.09 bits per heavy atom. The van der Waals surface area contributed by atoms with Crippen molar-refractivity contribution in [2.75, 3.05) is 32.8 Å². The van der Waals surface area contributed by atoms with Gasteiger partial charge in [-0.2, -0.15) is 0 Å². The van der Waals surface area contributed by atoms with Crippen molar-refractivity contribution < 1.29 is 14.3 Å². The van der Waals surface area contributed by atoms with Crippen LogP contribution in [0.2, 0.25) is 0 Å². The van der Waals surface area contributed by atoms with E-state index in [1.165, 1.54) is 4.90 Å². The molecule has 1 saturated heterocycles. The summed E-state index contributed by atoms with van der Waals surface area (Å²) in [6, 6.07) is 10.1. The summed E-state index contributed by atoms with van der Waals surface area (Å²) in [4.78, 5) is 31.5. The number of nitrogens with zero attached hydrogens (tertiary/aromatic N) is 2. The molecule has 4 rings (SSSR count). The lowest BCUT2D eigenvalue weighted by molar-refractivity contribution is -0.140. The normalized spacial score (nSPS) is 25.8. The number of likely N-dealkylation sites (tertiary alicyclic amines) is 1. The van der Waals surface area contributed by atoms with Gasteiger partial charge in [-0.15, -0.1) is 24.0 Å². The van der Waals surface area contributed by atoms with E-state index in [1.54, 1.807) is 0 Å². The van der Waals surface area contributed by atoms with Gasteiger partial charge in [-0.25, -0.2) is 0 Å². The molecule has 8 heteroatoms. The van der Waals surface area contributed by atoms with Crippen molar-refractivity contribution in [1.29, 1.82) is 0 Å². The van der Waals surface area contributed by atoms with E-state index in [9.17, 15) is 9.59 Å². The number of guanidine groups is 1. The average molecular weight is 552 g/mol. The first-order valence-electron chi connectivity index (χ1n) is 11.4. The van der Waals surface area contributed by atoms with Crippen LogP contribution >= 0.6 is 24.0 Å². The summed E-state index contributed by atoms with van der Waals surface area (Å²) in [5.41, 5.74) is 1.15. The Kier molecular flexibility index (Phi) is 9.10. The van der Waals surface area contributed by atoms with Crippen molar-refractivity contribution in [3.8, 4) is 0 Å². The van der Waals surface area contributed by atoms with Crippen LogP contribution in [0.5, 0.6) is 0 Å². The Balaban J connectivity index is 0.00000289. The molecule has 1 heterocycles. The predicted molar refractivity (Wildman–Crippen MR) is 135 cm³/mol. The topological polar surface area (TPSA) is 83.0 Å². The Morgan fingerprint density at radius 3 is 2.44 bits per heavy atom. The van der Waals surface area contributed by atoms with Crippen LogP contribution in [0, 0.1) is 23.7 Å². The molecule has 32 heavy (non-hydrogen) atoms. The van der Waals surface area contributed by atoms with E-state index < -0.39 is 0 Å². The van der Waals surface area contributed by atoms with Gasteiger partial charge in [-0.1, -0.05) is 42.5 Å². The molecule has 2 aliphatic carbocycles. The Morgan fingerprint density at radius 2 is 1.78 bits per heavy atom. The van der Waals surface area contributed by atoms with Crippen molar-refractivity contribution in [3.05, 3.63) is 48.0 Å². The molecule has 2 N–H and O–H groups in total. The van der Waals surface area contributed by atoms with Crippen LogP contribution in [0.25, 0.3) is 0 Å². The molecule has 0 spiro atoms. The second-order valence-electron chi connectivity index (χ2n) is 8.41. The number of aliphatic imine (C=N–C) groups is 1. The number of amides is 2. The molecule has 2 amide bonds. The maximum atomic E-state index is 12.7. The van der Waals surface area contributed by atoms with Gasteiger partial charge < -0.3 is 15.4 Å². The van der Waals surface area contributed by atoms with E-state index in [0.29, 0.717) is 39.3 Å². The summed E-state index contributed by atoms with van der Waals surface area (Å²) in [6.07, 6.45) is 5.89. The Labute approximate surface area is 207 Å². The van der Waals surface area contributed by atoms with Crippen molar-refractivity contribution in [1.82, 2.24) is 15.5 Å². The zero-order valence-corrected chi connectivity index (χ0v) is 20.9. The second-order valence-corrected chi connectivity index (χ2v) is 8.41. The highest BCUT2D eigenvalue weighted by Gasteiger charge is 2.58. The molecule has 2 fully saturated rings. The number of nitrogens with one attached hydrogen (secondary N) is 2. The SMILES string of the molecule is CCNC(=NCCCN1C(=O)C2C3C=CC(C3)C2C1=O)NCCOCc1ccccc1.I. The minimum absolute atomic E-state index is 0. The summed E-state index contributed by atoms with van der Waals surface area (Å²) in [6.45, 7) is 5.61. The highest BCUT2D eigenvalue weighted by molar-refractivity contribution is 14.0. The number of carbonyl (C=O) groups excluding carboxylic acids is 2. The highest BCUT2D eigenvalue weighted by atomic mass is 127. The molecule has 4 atom stereocenters. The summed E-state index contributed by atoms with van der Waals surface area (Å²) >= 11 is 0. The molecule has 7 nitrogen and oxygen atoms in total. The fourth-order valence-electron chi connectivity index (χ4n) is 4.95. The predicted octanol–water partition coefficient (Wildman–Crippen LogP) is 2.57. The monoisotopic (exact) mass is 552 g/mol. The van der Waals surface area contributed by atoms with E-state index in [0.717, 1.165) is 24.5 Å². The molecule has 3 aliphatic rings. The van der Waals surface area contributed by atoms with Crippen molar-refractivity contribution in [3.63, 3.8) is 0 Å². The molecule has 2 bridgehead atoms. The zero-order chi connectivity index (χ0) is 21.6. The first-order chi connectivity index (χ1) is 15.2. The number of ether oxygens (including phenoxy) is 1. The fourth-order valence-corrected chi connectivity index (χ4v) is 4.95. The van der Waals surface area contributed by atoms with Gasteiger partial charge in [0.2, 0.25) is 11.8 Å². The number of allylic oxidation sites excluding steroid dienone is 2. The Hall–Kier alpha value is -1.94. The number of rotatable bonds is 10. The lowest BCUT2D eigenvalue weighted by atomic mass is 9.85. The van der Waals surface area contributed by atoms with Crippen LogP contribution in [0.4, 0.5) is 0 Å². The first kappa shape index (κ1) is 24.7. The fraction of sp³-hybridized carbons (Fsp3) is 0.542. The summed E-state index contributed by atoms with van der Waals surface area (Å²) in [5, 5.41) is 6.48. The van der Waals surface area contributed by atoms with Gasteiger partial charge in [0.25, 0.3) is 0 Å². The molecule has 174 valence electrons. The first-order valence-corrected chi connectivity index (χ1v) is 11.4. The van der Waals surface area contributed by atoms with E-state index in [4.69, 9.17) is 4.74 Å². The maximum Gasteiger partial charge on any atom is 0.233 e. The molecular weight excluding hydrogens is 519 g/mol. The average Bonchev–Trinajstić information content (AvgIpc) is 3.46. The number of halogens is 1. The quantitative estimate of drug-likeness (QED) is 0.117. The minimum Gasteiger partial charge on any atom is -0.375 e. The van der Waals surface area contributed by atoms with E-state index in [1.807, 2.05) is 37.3 Å². The summed E-state index contributed by atoms with van der Waals surface area (Å²) in [5.74, 6) is 1.09. The van der Waals surface area contributed by atoms with Crippen LogP contribution in [-0.2, 0) is 20.9 Å². The van der Waals surface area contributed by atoms with Gasteiger partial charge in [0.05, 0.1) is 25.0 Å². The van der Waals surface area contributed by atoms with Crippen LogP contribution in [0.1, 0.15) is 25.3 Å². The molecule has 1 aliphatic heterocycles. The number of imide groups is 1. The van der Waals surface area contributed by atoms with Crippen LogP contribution < -0.4 is 10.6 Å². The number of fused-ring (bicyclic) bond motifs is 5. The molecule has 0 radical (unpaired) electrons. The van der Waals surface area contributed by atoms with Crippen LogP contribution in [-0.4, -0.2) is 55.5 Å². The zero-order valence-electron chi connectivity index (χ0n) is 18.5. The highest BCUT2D eigenvalue weighted by Crippen LogP contribution is 2.52. The van der Waals surface area contributed by atoms with Crippen LogP contribution in [0.15, 0.2) is 47.5 Å². The van der Waals surface area contributed by atoms with Crippen LogP contribution in [0.3, 0.4) is 0 Å². The number of hydrogen-bond donors (Lipinski definition) is 2. The van der Waals surface area contributed by atoms with Crippen molar-refractivity contribution >= 4 is 41.8 Å². The van der Waals surface area contributed by atoms with E-state index >= 15 is 0 Å². The van der Waals surface area contributed by atoms with Gasteiger partial charge in [-0.3, -0.25) is 19.5 Å². The molecule has 1 aromatic carbocycles. The molecular formula is C24H33IN4O3. The van der Waals surface area contributed by atoms with Gasteiger partial charge in [0.1, 0.15) is 0 Å². The van der Waals surface area contributed by atoms with Gasteiger partial charge in [0.15, 0.2) is 5.96 Å². The smallest absolute Gasteiger partial charge is 0.233 e. The van der Waals surface area contributed by atoms with Gasteiger partial charge in [0, 0.05) is 26.2 Å². The maximum absolute atomic E-state index is 12.7. The third-order valence-electron chi connectivity index (χ3n) is 6.37. The van der Waals surface area contributed by atoms with Crippen molar-refractivity contribution in [2.24, 2.45) is 28.7 Å². The molecule has 1 saturated carbocycles.